The molecule has 0 saturated carbocycles. The number of hydrogen-bond donors (Lipinski definition) is 0. The quantitative estimate of drug-likeness (QED) is 0.699. The monoisotopic (exact) mass is 361 g/mol. The van der Waals surface area contributed by atoms with Crippen molar-refractivity contribution in [3.8, 4) is 5.75 Å². The molecule has 0 aliphatic heterocycles. The second-order valence-electron chi connectivity index (χ2n) is 5.13. The van der Waals surface area contributed by atoms with Crippen molar-refractivity contribution in [1.29, 1.82) is 0 Å². The molecule has 22 heavy (non-hydrogen) atoms. The van der Waals surface area contributed by atoms with E-state index in [0.29, 0.717) is 19.6 Å². The van der Waals surface area contributed by atoms with Crippen molar-refractivity contribution in [3.63, 3.8) is 0 Å². The highest BCUT2D eigenvalue weighted by molar-refractivity contribution is 9.10. The molecule has 0 aliphatic carbocycles. The van der Waals surface area contributed by atoms with Crippen molar-refractivity contribution in [1.82, 2.24) is 4.90 Å². The maximum absolute atomic E-state index is 12.1. The van der Waals surface area contributed by atoms with E-state index in [0.717, 1.165) is 22.2 Å². The number of nitrogens with zero attached hydrogens (tertiary/aromatic N) is 1. The van der Waals surface area contributed by atoms with E-state index < -0.39 is 0 Å². The van der Waals surface area contributed by atoms with Crippen molar-refractivity contribution < 1.29 is 9.53 Å². The van der Waals surface area contributed by atoms with Gasteiger partial charge in [-0.15, -0.1) is 0 Å². The molecule has 116 valence electrons. The Bertz CT molecular complexity index is 584. The molecule has 0 fully saturated rings. The third-order valence-electron chi connectivity index (χ3n) is 3.34. The second-order valence-corrected chi connectivity index (χ2v) is 6.05. The van der Waals surface area contributed by atoms with E-state index in [2.05, 4.69) is 15.9 Å². The SMILES string of the molecule is CN(CCCOc1ccccc1)C(=O)Cc1ccc(Br)cc1. The van der Waals surface area contributed by atoms with Gasteiger partial charge in [0.15, 0.2) is 0 Å². The lowest BCUT2D eigenvalue weighted by atomic mass is 10.1. The lowest BCUT2D eigenvalue weighted by molar-refractivity contribution is -0.129. The molecule has 0 aliphatic rings. The topological polar surface area (TPSA) is 29.5 Å². The van der Waals surface area contributed by atoms with Crippen LogP contribution in [0.2, 0.25) is 0 Å². The zero-order valence-electron chi connectivity index (χ0n) is 12.7. The highest BCUT2D eigenvalue weighted by Crippen LogP contribution is 2.12. The van der Waals surface area contributed by atoms with Gasteiger partial charge in [-0.3, -0.25) is 4.79 Å². The molecular weight excluding hydrogens is 342 g/mol. The first-order valence-electron chi connectivity index (χ1n) is 7.31. The lowest BCUT2D eigenvalue weighted by Gasteiger charge is -2.17. The lowest BCUT2D eigenvalue weighted by Crippen LogP contribution is -2.30. The van der Waals surface area contributed by atoms with Crippen LogP contribution >= 0.6 is 15.9 Å². The average Bonchev–Trinajstić information content (AvgIpc) is 2.54. The summed E-state index contributed by atoms with van der Waals surface area (Å²) < 4.78 is 6.65. The average molecular weight is 362 g/mol. The number of hydrogen-bond acceptors (Lipinski definition) is 2. The Balaban J connectivity index is 1.69. The molecule has 2 aromatic rings. The minimum absolute atomic E-state index is 0.127. The summed E-state index contributed by atoms with van der Waals surface area (Å²) in [6, 6.07) is 17.6. The Morgan fingerprint density at radius 3 is 2.45 bits per heavy atom. The largest absolute Gasteiger partial charge is 0.494 e. The number of rotatable bonds is 7. The number of halogens is 1. The van der Waals surface area contributed by atoms with Crippen LogP contribution in [0.3, 0.4) is 0 Å². The Kier molecular flexibility index (Phi) is 6.46. The van der Waals surface area contributed by atoms with Crippen LogP contribution in [-0.4, -0.2) is 31.0 Å². The summed E-state index contributed by atoms with van der Waals surface area (Å²) >= 11 is 3.39. The smallest absolute Gasteiger partial charge is 0.226 e. The third kappa shape index (κ3) is 5.53. The fourth-order valence-electron chi connectivity index (χ4n) is 2.04. The molecule has 0 atom stereocenters. The van der Waals surface area contributed by atoms with Crippen molar-refractivity contribution in [2.24, 2.45) is 0 Å². The molecule has 3 nitrogen and oxygen atoms in total. The van der Waals surface area contributed by atoms with E-state index in [1.165, 1.54) is 0 Å². The first kappa shape index (κ1) is 16.6. The molecule has 0 heterocycles. The summed E-state index contributed by atoms with van der Waals surface area (Å²) in [6.07, 6.45) is 1.25. The van der Waals surface area contributed by atoms with E-state index in [1.54, 1.807) is 4.90 Å². The predicted molar refractivity (Wildman–Crippen MR) is 92.0 cm³/mol. The minimum Gasteiger partial charge on any atom is -0.494 e. The Hall–Kier alpha value is -1.81. The molecule has 2 rings (SSSR count). The molecule has 0 unspecified atom stereocenters. The van der Waals surface area contributed by atoms with Gasteiger partial charge in [0.05, 0.1) is 13.0 Å². The molecule has 0 saturated heterocycles. The number of amides is 1. The van der Waals surface area contributed by atoms with Crippen LogP contribution in [0.15, 0.2) is 59.1 Å². The van der Waals surface area contributed by atoms with Crippen LogP contribution in [0.4, 0.5) is 0 Å². The Labute approximate surface area is 140 Å². The number of carbonyl (C=O) groups is 1. The standard InChI is InChI=1S/C18H20BrNO2/c1-20(12-5-13-22-17-6-3-2-4-7-17)18(21)14-15-8-10-16(19)11-9-15/h2-4,6-11H,5,12-14H2,1H3. The highest BCUT2D eigenvalue weighted by Gasteiger charge is 2.09. The molecule has 1 amide bonds. The van der Waals surface area contributed by atoms with Gasteiger partial charge < -0.3 is 9.64 Å². The van der Waals surface area contributed by atoms with E-state index in [1.807, 2.05) is 61.6 Å². The number of likely N-dealkylation sites (N-methyl/N-ethyl adjacent to an activating group) is 1. The van der Waals surface area contributed by atoms with Gasteiger partial charge in [0.1, 0.15) is 5.75 Å². The summed E-state index contributed by atoms with van der Waals surface area (Å²) in [5.41, 5.74) is 1.03. The zero-order chi connectivity index (χ0) is 15.8. The molecule has 4 heteroatoms. The Morgan fingerprint density at radius 1 is 1.09 bits per heavy atom. The van der Waals surface area contributed by atoms with E-state index in [9.17, 15) is 4.79 Å². The Morgan fingerprint density at radius 2 is 1.77 bits per heavy atom. The third-order valence-corrected chi connectivity index (χ3v) is 3.87. The van der Waals surface area contributed by atoms with Crippen molar-refractivity contribution >= 4 is 21.8 Å². The van der Waals surface area contributed by atoms with Crippen molar-refractivity contribution in [3.05, 3.63) is 64.6 Å². The highest BCUT2D eigenvalue weighted by atomic mass is 79.9. The summed E-state index contributed by atoms with van der Waals surface area (Å²) in [7, 11) is 1.84. The van der Waals surface area contributed by atoms with Crippen molar-refractivity contribution in [2.75, 3.05) is 20.2 Å². The van der Waals surface area contributed by atoms with Gasteiger partial charge in [0.25, 0.3) is 0 Å². The minimum atomic E-state index is 0.127. The molecule has 0 bridgehead atoms. The number of benzene rings is 2. The summed E-state index contributed by atoms with van der Waals surface area (Å²) in [4.78, 5) is 13.9. The predicted octanol–water partition coefficient (Wildman–Crippen LogP) is 3.92. The van der Waals surface area contributed by atoms with Gasteiger partial charge in [-0.2, -0.15) is 0 Å². The van der Waals surface area contributed by atoms with Gasteiger partial charge >= 0.3 is 0 Å². The summed E-state index contributed by atoms with van der Waals surface area (Å²) in [5, 5.41) is 0. The molecule has 0 N–H and O–H groups in total. The first-order chi connectivity index (χ1) is 10.6. The van der Waals surface area contributed by atoms with Crippen LogP contribution in [-0.2, 0) is 11.2 Å². The van der Waals surface area contributed by atoms with Gasteiger partial charge in [-0.05, 0) is 36.2 Å². The fraction of sp³-hybridized carbons (Fsp3) is 0.278. The van der Waals surface area contributed by atoms with E-state index >= 15 is 0 Å². The normalized spacial score (nSPS) is 10.3. The van der Waals surface area contributed by atoms with Gasteiger partial charge in [0, 0.05) is 18.1 Å². The van der Waals surface area contributed by atoms with Gasteiger partial charge in [0.2, 0.25) is 5.91 Å². The zero-order valence-corrected chi connectivity index (χ0v) is 14.3. The van der Waals surface area contributed by atoms with E-state index in [4.69, 9.17) is 4.74 Å². The summed E-state index contributed by atoms with van der Waals surface area (Å²) in [5.74, 6) is 0.994. The molecule has 2 aromatic carbocycles. The molecule has 0 aromatic heterocycles. The number of ether oxygens (including phenoxy) is 1. The molecule has 0 radical (unpaired) electrons. The van der Waals surface area contributed by atoms with Crippen LogP contribution < -0.4 is 4.74 Å². The van der Waals surface area contributed by atoms with Crippen molar-refractivity contribution in [2.45, 2.75) is 12.8 Å². The summed E-state index contributed by atoms with van der Waals surface area (Å²) in [6.45, 7) is 1.31. The molecule has 0 spiro atoms. The van der Waals surface area contributed by atoms with E-state index in [-0.39, 0.29) is 5.91 Å². The van der Waals surface area contributed by atoms with Gasteiger partial charge in [-0.1, -0.05) is 46.3 Å². The number of para-hydroxylation sites is 1. The van der Waals surface area contributed by atoms with Crippen LogP contribution in [0.5, 0.6) is 5.75 Å². The van der Waals surface area contributed by atoms with Crippen LogP contribution in [0.25, 0.3) is 0 Å². The van der Waals surface area contributed by atoms with Crippen LogP contribution in [0, 0.1) is 0 Å². The first-order valence-corrected chi connectivity index (χ1v) is 8.11. The second kappa shape index (κ2) is 8.59. The maximum atomic E-state index is 12.1. The maximum Gasteiger partial charge on any atom is 0.226 e. The fourth-order valence-corrected chi connectivity index (χ4v) is 2.31. The molecular formula is C18H20BrNO2. The number of carbonyl (C=O) groups excluding carboxylic acids is 1. The van der Waals surface area contributed by atoms with Crippen LogP contribution in [0.1, 0.15) is 12.0 Å². The van der Waals surface area contributed by atoms with Gasteiger partial charge in [-0.25, -0.2) is 0 Å².